The topological polar surface area (TPSA) is 85.8 Å². The molecule has 1 unspecified atom stereocenters. The maximum absolute atomic E-state index is 12.2. The van der Waals surface area contributed by atoms with E-state index in [1.54, 1.807) is 16.8 Å². The number of hydrogen-bond acceptors (Lipinski definition) is 4. The second kappa shape index (κ2) is 6.89. The molecule has 0 bridgehead atoms. The van der Waals surface area contributed by atoms with Gasteiger partial charge in [0.25, 0.3) is 5.91 Å². The number of pyridine rings is 1. The Bertz CT molecular complexity index is 683. The highest BCUT2D eigenvalue weighted by Gasteiger charge is 2.15. The van der Waals surface area contributed by atoms with Crippen molar-refractivity contribution in [2.45, 2.75) is 20.8 Å². The van der Waals surface area contributed by atoms with Gasteiger partial charge in [-0.3, -0.25) is 4.79 Å². The smallest absolute Gasteiger partial charge is 0.271 e. The van der Waals surface area contributed by atoms with Gasteiger partial charge in [0.1, 0.15) is 5.69 Å². The third kappa shape index (κ3) is 3.64. The van der Waals surface area contributed by atoms with Crippen LogP contribution >= 0.6 is 11.6 Å². The Morgan fingerprint density at radius 3 is 2.77 bits per heavy atom. The lowest BCUT2D eigenvalue weighted by Gasteiger charge is -2.11. The molecule has 6 nitrogen and oxygen atoms in total. The zero-order valence-electron chi connectivity index (χ0n) is 12.9. The Labute approximate surface area is 134 Å². The predicted octanol–water partition coefficient (Wildman–Crippen LogP) is 1.86. The number of aryl methyl sites for hydroxylation is 2. The molecule has 7 heteroatoms. The van der Waals surface area contributed by atoms with Crippen molar-refractivity contribution < 1.29 is 4.79 Å². The molecule has 1 atom stereocenters. The molecule has 2 heterocycles. The molecule has 0 spiro atoms. The highest BCUT2D eigenvalue weighted by molar-refractivity contribution is 6.33. The van der Waals surface area contributed by atoms with Gasteiger partial charge in [-0.1, -0.05) is 18.5 Å². The van der Waals surface area contributed by atoms with E-state index in [1.165, 1.54) is 0 Å². The van der Waals surface area contributed by atoms with Crippen LogP contribution in [0.15, 0.2) is 18.2 Å². The van der Waals surface area contributed by atoms with Crippen LogP contribution in [0.1, 0.15) is 28.8 Å². The molecular weight excluding hydrogens is 302 g/mol. The molecule has 1 amide bonds. The first-order chi connectivity index (χ1) is 10.4. The van der Waals surface area contributed by atoms with Gasteiger partial charge in [-0.05, 0) is 44.5 Å². The second-order valence-corrected chi connectivity index (χ2v) is 5.80. The molecular formula is C15H20ClN5O. The summed E-state index contributed by atoms with van der Waals surface area (Å²) < 4.78 is 1.69. The monoisotopic (exact) mass is 321 g/mol. The van der Waals surface area contributed by atoms with Crippen molar-refractivity contribution >= 4 is 17.5 Å². The molecule has 22 heavy (non-hydrogen) atoms. The summed E-state index contributed by atoms with van der Waals surface area (Å²) in [5, 5.41) is 7.46. The molecule has 0 radical (unpaired) electrons. The van der Waals surface area contributed by atoms with Crippen LogP contribution < -0.4 is 11.1 Å². The van der Waals surface area contributed by atoms with E-state index in [0.717, 1.165) is 11.4 Å². The standard InChI is InChI=1S/C15H20ClN5O/c1-9(7-17)8-18-15(22)14-12(16)4-5-13(19-14)21-11(3)6-10(2)20-21/h4-6,9H,7-8,17H2,1-3H3,(H,18,22). The fourth-order valence-corrected chi connectivity index (χ4v) is 2.19. The van der Waals surface area contributed by atoms with Crippen LogP contribution in [0, 0.1) is 19.8 Å². The van der Waals surface area contributed by atoms with Crippen molar-refractivity contribution in [1.82, 2.24) is 20.1 Å². The number of rotatable bonds is 5. The molecule has 0 saturated heterocycles. The fourth-order valence-electron chi connectivity index (χ4n) is 2.00. The van der Waals surface area contributed by atoms with Crippen LogP contribution in [-0.2, 0) is 0 Å². The van der Waals surface area contributed by atoms with Gasteiger partial charge >= 0.3 is 0 Å². The first-order valence-electron chi connectivity index (χ1n) is 7.10. The number of aromatic nitrogens is 3. The molecule has 0 aromatic carbocycles. The Morgan fingerprint density at radius 1 is 1.45 bits per heavy atom. The quantitative estimate of drug-likeness (QED) is 0.880. The van der Waals surface area contributed by atoms with Crippen LogP contribution in [0.25, 0.3) is 5.82 Å². The molecule has 0 saturated carbocycles. The minimum Gasteiger partial charge on any atom is -0.350 e. The zero-order valence-corrected chi connectivity index (χ0v) is 13.7. The Kier molecular flexibility index (Phi) is 5.15. The Hall–Kier alpha value is -1.92. The maximum atomic E-state index is 12.2. The number of nitrogens with zero attached hydrogens (tertiary/aromatic N) is 3. The van der Waals surface area contributed by atoms with E-state index >= 15 is 0 Å². The van der Waals surface area contributed by atoms with Gasteiger partial charge in [-0.2, -0.15) is 5.10 Å². The van der Waals surface area contributed by atoms with Crippen LogP contribution in [-0.4, -0.2) is 33.8 Å². The van der Waals surface area contributed by atoms with Crippen LogP contribution in [0.5, 0.6) is 0 Å². The van der Waals surface area contributed by atoms with Crippen LogP contribution in [0.4, 0.5) is 0 Å². The van der Waals surface area contributed by atoms with E-state index < -0.39 is 0 Å². The van der Waals surface area contributed by atoms with Gasteiger partial charge in [0, 0.05) is 12.2 Å². The molecule has 3 N–H and O–H groups in total. The summed E-state index contributed by atoms with van der Waals surface area (Å²) in [6.45, 7) is 6.78. The highest BCUT2D eigenvalue weighted by atomic mass is 35.5. The SMILES string of the molecule is Cc1cc(C)n(-c2ccc(Cl)c(C(=O)NCC(C)CN)n2)n1. The summed E-state index contributed by atoms with van der Waals surface area (Å²) in [4.78, 5) is 16.6. The average molecular weight is 322 g/mol. The third-order valence-electron chi connectivity index (χ3n) is 3.29. The Balaban J connectivity index is 2.27. The van der Waals surface area contributed by atoms with Crippen LogP contribution in [0.3, 0.4) is 0 Å². The molecule has 0 aliphatic rings. The molecule has 2 aromatic rings. The summed E-state index contributed by atoms with van der Waals surface area (Å²) in [5.74, 6) is 0.447. The van der Waals surface area contributed by atoms with Gasteiger partial charge in [-0.15, -0.1) is 0 Å². The number of halogens is 1. The fraction of sp³-hybridized carbons (Fsp3) is 0.400. The minimum absolute atomic E-state index is 0.191. The lowest BCUT2D eigenvalue weighted by molar-refractivity contribution is 0.0943. The summed E-state index contributed by atoms with van der Waals surface area (Å²) in [5.41, 5.74) is 7.56. The maximum Gasteiger partial charge on any atom is 0.271 e. The lowest BCUT2D eigenvalue weighted by atomic mass is 10.2. The van der Waals surface area contributed by atoms with Gasteiger partial charge < -0.3 is 11.1 Å². The normalized spacial score (nSPS) is 12.2. The number of carbonyl (C=O) groups excluding carboxylic acids is 1. The van der Waals surface area contributed by atoms with Crippen molar-refractivity contribution in [3.63, 3.8) is 0 Å². The summed E-state index contributed by atoms with van der Waals surface area (Å²) in [6, 6.07) is 5.33. The largest absolute Gasteiger partial charge is 0.350 e. The Morgan fingerprint density at radius 2 is 2.18 bits per heavy atom. The number of nitrogens with two attached hydrogens (primary N) is 1. The third-order valence-corrected chi connectivity index (χ3v) is 3.59. The van der Waals surface area contributed by atoms with Crippen molar-refractivity contribution in [3.8, 4) is 5.82 Å². The molecule has 118 valence electrons. The second-order valence-electron chi connectivity index (χ2n) is 5.39. The van der Waals surface area contributed by atoms with Crippen molar-refractivity contribution in [2.75, 3.05) is 13.1 Å². The average Bonchev–Trinajstić information content (AvgIpc) is 2.83. The number of nitrogens with one attached hydrogen (secondary N) is 1. The zero-order chi connectivity index (χ0) is 16.3. The first-order valence-corrected chi connectivity index (χ1v) is 7.48. The number of hydrogen-bond donors (Lipinski definition) is 2. The van der Waals surface area contributed by atoms with E-state index in [2.05, 4.69) is 15.4 Å². The van der Waals surface area contributed by atoms with E-state index in [1.807, 2.05) is 26.8 Å². The van der Waals surface area contributed by atoms with E-state index in [0.29, 0.717) is 23.9 Å². The molecule has 2 aromatic heterocycles. The van der Waals surface area contributed by atoms with Gasteiger partial charge in [0.05, 0.1) is 10.7 Å². The summed E-state index contributed by atoms with van der Waals surface area (Å²) in [7, 11) is 0. The minimum atomic E-state index is -0.311. The molecule has 0 aliphatic carbocycles. The van der Waals surface area contributed by atoms with E-state index in [-0.39, 0.29) is 17.5 Å². The molecule has 2 rings (SSSR count). The first kappa shape index (κ1) is 16.5. The molecule has 0 fully saturated rings. The number of carbonyl (C=O) groups is 1. The van der Waals surface area contributed by atoms with Gasteiger partial charge in [0.15, 0.2) is 5.82 Å². The van der Waals surface area contributed by atoms with Gasteiger partial charge in [0.2, 0.25) is 0 Å². The number of amides is 1. The van der Waals surface area contributed by atoms with Gasteiger partial charge in [-0.25, -0.2) is 9.67 Å². The van der Waals surface area contributed by atoms with Crippen molar-refractivity contribution in [3.05, 3.63) is 40.3 Å². The summed E-state index contributed by atoms with van der Waals surface area (Å²) in [6.07, 6.45) is 0. The van der Waals surface area contributed by atoms with E-state index in [4.69, 9.17) is 17.3 Å². The van der Waals surface area contributed by atoms with Crippen molar-refractivity contribution in [1.29, 1.82) is 0 Å². The predicted molar refractivity (Wildman–Crippen MR) is 86.4 cm³/mol. The highest BCUT2D eigenvalue weighted by Crippen LogP contribution is 2.17. The molecule has 0 aliphatic heterocycles. The lowest BCUT2D eigenvalue weighted by Crippen LogP contribution is -2.32. The summed E-state index contributed by atoms with van der Waals surface area (Å²) >= 11 is 6.10. The van der Waals surface area contributed by atoms with Crippen LogP contribution in [0.2, 0.25) is 5.02 Å². The van der Waals surface area contributed by atoms with E-state index in [9.17, 15) is 4.79 Å². The van der Waals surface area contributed by atoms with Crippen molar-refractivity contribution in [2.24, 2.45) is 11.7 Å².